The standard InChI is InChI=1S/C21H25N5O/c1-14-8-10-24-12-18(14)16-4-6-17(7-5-16)25-21(22)19-13-26(15(2)27)11-9-20(19)23-3/h4-8,10,12,23H,9,11,13H2,1-3H3,(H2,22,25). The molecule has 0 unspecified atom stereocenters. The van der Waals surface area contributed by atoms with Crippen LogP contribution in [0.5, 0.6) is 0 Å². The number of hydrogen-bond acceptors (Lipinski definition) is 4. The number of carbonyl (C=O) groups is 1. The second-order valence-corrected chi connectivity index (χ2v) is 6.67. The van der Waals surface area contributed by atoms with Crippen LogP contribution in [0.1, 0.15) is 18.9 Å². The second kappa shape index (κ2) is 8.03. The smallest absolute Gasteiger partial charge is 0.219 e. The molecule has 0 bridgehead atoms. The summed E-state index contributed by atoms with van der Waals surface area (Å²) in [5, 5.41) is 14.8. The van der Waals surface area contributed by atoms with Crippen LogP contribution in [0.25, 0.3) is 11.1 Å². The van der Waals surface area contributed by atoms with Gasteiger partial charge in [-0.05, 0) is 36.2 Å². The van der Waals surface area contributed by atoms with E-state index in [9.17, 15) is 4.79 Å². The number of amidine groups is 1. The monoisotopic (exact) mass is 363 g/mol. The predicted octanol–water partition coefficient (Wildman–Crippen LogP) is 3.17. The highest BCUT2D eigenvalue weighted by atomic mass is 16.2. The highest BCUT2D eigenvalue weighted by Crippen LogP contribution is 2.24. The van der Waals surface area contributed by atoms with Crippen molar-refractivity contribution in [2.75, 3.05) is 25.5 Å². The van der Waals surface area contributed by atoms with Gasteiger partial charge in [-0.2, -0.15) is 0 Å². The van der Waals surface area contributed by atoms with Gasteiger partial charge in [-0.25, -0.2) is 0 Å². The molecule has 1 aromatic carbocycles. The molecule has 6 heteroatoms. The Labute approximate surface area is 159 Å². The summed E-state index contributed by atoms with van der Waals surface area (Å²) in [6.07, 6.45) is 4.38. The summed E-state index contributed by atoms with van der Waals surface area (Å²) in [6.45, 7) is 4.76. The van der Waals surface area contributed by atoms with Crippen LogP contribution in [0, 0.1) is 12.3 Å². The van der Waals surface area contributed by atoms with E-state index >= 15 is 0 Å². The van der Waals surface area contributed by atoms with Gasteiger partial charge in [0, 0.05) is 61.9 Å². The van der Waals surface area contributed by atoms with E-state index < -0.39 is 0 Å². The van der Waals surface area contributed by atoms with E-state index in [1.165, 1.54) is 5.56 Å². The molecule has 2 aromatic rings. The fourth-order valence-electron chi connectivity index (χ4n) is 3.26. The van der Waals surface area contributed by atoms with Crippen LogP contribution in [0.15, 0.2) is 54.0 Å². The molecule has 6 nitrogen and oxygen atoms in total. The van der Waals surface area contributed by atoms with E-state index in [1.54, 1.807) is 18.0 Å². The van der Waals surface area contributed by atoms with Crippen molar-refractivity contribution in [2.24, 2.45) is 0 Å². The van der Waals surface area contributed by atoms with Crippen LogP contribution in [0.3, 0.4) is 0 Å². The Kier molecular flexibility index (Phi) is 5.54. The Morgan fingerprint density at radius 2 is 1.96 bits per heavy atom. The molecule has 1 amide bonds. The van der Waals surface area contributed by atoms with Crippen molar-refractivity contribution in [1.82, 2.24) is 15.2 Å². The van der Waals surface area contributed by atoms with Crippen molar-refractivity contribution in [1.29, 1.82) is 5.41 Å². The number of aryl methyl sites for hydroxylation is 1. The van der Waals surface area contributed by atoms with E-state index in [0.717, 1.165) is 34.5 Å². The summed E-state index contributed by atoms with van der Waals surface area (Å²) in [6, 6.07) is 9.96. The molecule has 1 aromatic heterocycles. The minimum atomic E-state index is 0.0339. The molecule has 2 heterocycles. The van der Waals surface area contributed by atoms with Crippen LogP contribution in [-0.2, 0) is 4.79 Å². The number of carbonyl (C=O) groups excluding carboxylic acids is 1. The number of pyridine rings is 1. The Balaban J connectivity index is 1.76. The van der Waals surface area contributed by atoms with E-state index in [0.29, 0.717) is 18.9 Å². The third-order valence-electron chi connectivity index (χ3n) is 4.90. The first-order chi connectivity index (χ1) is 13.0. The molecule has 0 atom stereocenters. The zero-order valence-corrected chi connectivity index (χ0v) is 16.0. The van der Waals surface area contributed by atoms with Crippen LogP contribution in [0.4, 0.5) is 5.69 Å². The topological polar surface area (TPSA) is 81.1 Å². The van der Waals surface area contributed by atoms with Crippen LogP contribution < -0.4 is 10.6 Å². The lowest BCUT2D eigenvalue weighted by atomic mass is 10.0. The zero-order chi connectivity index (χ0) is 19.4. The highest BCUT2D eigenvalue weighted by Gasteiger charge is 2.23. The van der Waals surface area contributed by atoms with E-state index in [2.05, 4.69) is 22.5 Å². The molecule has 0 saturated heterocycles. The minimum Gasteiger partial charge on any atom is -0.391 e. The third-order valence-corrected chi connectivity index (χ3v) is 4.90. The quantitative estimate of drug-likeness (QED) is 0.576. The molecule has 0 spiro atoms. The first kappa shape index (κ1) is 18.6. The first-order valence-corrected chi connectivity index (χ1v) is 9.02. The molecule has 1 aliphatic rings. The number of benzene rings is 1. The molecule has 27 heavy (non-hydrogen) atoms. The lowest BCUT2D eigenvalue weighted by Crippen LogP contribution is -2.40. The van der Waals surface area contributed by atoms with Crippen molar-refractivity contribution in [3.63, 3.8) is 0 Å². The maximum Gasteiger partial charge on any atom is 0.219 e. The van der Waals surface area contributed by atoms with Crippen molar-refractivity contribution in [3.8, 4) is 11.1 Å². The first-order valence-electron chi connectivity index (χ1n) is 9.02. The van der Waals surface area contributed by atoms with Crippen LogP contribution in [0.2, 0.25) is 0 Å². The van der Waals surface area contributed by atoms with E-state index in [-0.39, 0.29) is 5.91 Å². The molecular formula is C21H25N5O. The summed E-state index contributed by atoms with van der Waals surface area (Å²) in [4.78, 5) is 17.7. The molecule has 0 saturated carbocycles. The lowest BCUT2D eigenvalue weighted by Gasteiger charge is -2.30. The number of nitrogens with one attached hydrogen (secondary N) is 3. The average molecular weight is 363 g/mol. The van der Waals surface area contributed by atoms with Gasteiger partial charge < -0.3 is 15.5 Å². The lowest BCUT2D eigenvalue weighted by molar-refractivity contribution is -0.128. The number of nitrogens with zero attached hydrogens (tertiary/aromatic N) is 2. The van der Waals surface area contributed by atoms with Gasteiger partial charge in [0.25, 0.3) is 0 Å². The normalized spacial score (nSPS) is 14.1. The summed E-state index contributed by atoms with van der Waals surface area (Å²) in [7, 11) is 1.86. The summed E-state index contributed by atoms with van der Waals surface area (Å²) >= 11 is 0. The van der Waals surface area contributed by atoms with Gasteiger partial charge in [0.05, 0.1) is 6.54 Å². The summed E-state index contributed by atoms with van der Waals surface area (Å²) in [5.41, 5.74) is 6.04. The van der Waals surface area contributed by atoms with Crippen molar-refractivity contribution >= 4 is 17.4 Å². The fraction of sp³-hybridized carbons (Fsp3) is 0.286. The van der Waals surface area contributed by atoms with Crippen LogP contribution in [-0.4, -0.2) is 41.8 Å². The molecule has 0 fully saturated rings. The number of anilines is 1. The molecule has 0 radical (unpaired) electrons. The third kappa shape index (κ3) is 4.16. The van der Waals surface area contributed by atoms with Gasteiger partial charge in [-0.3, -0.25) is 15.2 Å². The summed E-state index contributed by atoms with van der Waals surface area (Å²) < 4.78 is 0. The maximum absolute atomic E-state index is 11.7. The van der Waals surface area contributed by atoms with Crippen molar-refractivity contribution in [3.05, 3.63) is 59.6 Å². The Morgan fingerprint density at radius 1 is 1.22 bits per heavy atom. The predicted molar refractivity (Wildman–Crippen MR) is 109 cm³/mol. The Bertz CT molecular complexity index is 886. The number of aromatic nitrogens is 1. The molecular weight excluding hydrogens is 338 g/mol. The van der Waals surface area contributed by atoms with Crippen LogP contribution >= 0.6 is 0 Å². The zero-order valence-electron chi connectivity index (χ0n) is 16.0. The number of amides is 1. The molecule has 0 aliphatic carbocycles. The molecule has 3 N–H and O–H groups in total. The molecule has 140 valence electrons. The van der Waals surface area contributed by atoms with E-state index in [4.69, 9.17) is 5.41 Å². The number of hydrogen-bond donors (Lipinski definition) is 3. The largest absolute Gasteiger partial charge is 0.391 e. The molecule has 1 aliphatic heterocycles. The fourth-order valence-corrected chi connectivity index (χ4v) is 3.26. The summed E-state index contributed by atoms with van der Waals surface area (Å²) in [5.74, 6) is 0.349. The average Bonchev–Trinajstić information content (AvgIpc) is 2.68. The van der Waals surface area contributed by atoms with Gasteiger partial charge in [0.1, 0.15) is 5.84 Å². The maximum atomic E-state index is 11.7. The Hall–Kier alpha value is -3.15. The van der Waals surface area contributed by atoms with Gasteiger partial charge >= 0.3 is 0 Å². The second-order valence-electron chi connectivity index (χ2n) is 6.67. The van der Waals surface area contributed by atoms with E-state index in [1.807, 2.05) is 43.6 Å². The van der Waals surface area contributed by atoms with Gasteiger partial charge in [0.15, 0.2) is 0 Å². The highest BCUT2D eigenvalue weighted by molar-refractivity contribution is 6.07. The van der Waals surface area contributed by atoms with Gasteiger partial charge in [0.2, 0.25) is 5.91 Å². The Morgan fingerprint density at radius 3 is 2.59 bits per heavy atom. The minimum absolute atomic E-state index is 0.0339. The van der Waals surface area contributed by atoms with Gasteiger partial charge in [-0.1, -0.05) is 12.1 Å². The SMILES string of the molecule is CNC1=C(C(=N)Nc2ccc(-c3cnccc3C)cc2)CN(C(C)=O)CC1. The van der Waals surface area contributed by atoms with Gasteiger partial charge in [-0.15, -0.1) is 0 Å². The molecule has 3 rings (SSSR count). The number of rotatable bonds is 4. The van der Waals surface area contributed by atoms with Crippen molar-refractivity contribution in [2.45, 2.75) is 20.3 Å². The van der Waals surface area contributed by atoms with Crippen molar-refractivity contribution < 1.29 is 4.79 Å².